The van der Waals surface area contributed by atoms with Crippen LogP contribution in [0.5, 0.6) is 0 Å². The highest BCUT2D eigenvalue weighted by Gasteiger charge is 2.35. The lowest BCUT2D eigenvalue weighted by atomic mass is 9.76. The molecule has 0 aliphatic heterocycles. The van der Waals surface area contributed by atoms with E-state index in [1.165, 1.54) is 6.42 Å². The summed E-state index contributed by atoms with van der Waals surface area (Å²) in [6.45, 7) is 5.44. The van der Waals surface area contributed by atoms with E-state index >= 15 is 0 Å². The van der Waals surface area contributed by atoms with Crippen LogP contribution in [0.1, 0.15) is 46.0 Å². The van der Waals surface area contributed by atoms with Gasteiger partial charge in [0, 0.05) is 26.7 Å². The maximum Gasteiger partial charge on any atom is 0.220 e. The molecule has 1 aliphatic rings. The van der Waals surface area contributed by atoms with Crippen LogP contribution in [0.15, 0.2) is 0 Å². The average Bonchev–Trinajstić information content (AvgIpc) is 2.28. The van der Waals surface area contributed by atoms with Crippen LogP contribution in [0, 0.1) is 11.8 Å². The summed E-state index contributed by atoms with van der Waals surface area (Å²) >= 11 is 0. The Hall–Kier alpha value is -0.610. The van der Waals surface area contributed by atoms with Crippen molar-refractivity contribution in [1.29, 1.82) is 0 Å². The van der Waals surface area contributed by atoms with Crippen molar-refractivity contribution < 1.29 is 9.53 Å². The molecule has 0 aromatic carbocycles. The number of rotatable bonds is 6. The normalized spacial score (nSPS) is 29.9. The summed E-state index contributed by atoms with van der Waals surface area (Å²) < 4.78 is 5.06. The average molecular weight is 256 g/mol. The van der Waals surface area contributed by atoms with Gasteiger partial charge in [-0.25, -0.2) is 0 Å². The maximum atomic E-state index is 12.0. The van der Waals surface area contributed by atoms with Gasteiger partial charge in [-0.2, -0.15) is 0 Å². The third-order valence-corrected chi connectivity index (χ3v) is 3.87. The smallest absolute Gasteiger partial charge is 0.220 e. The van der Waals surface area contributed by atoms with Crippen molar-refractivity contribution in [3.8, 4) is 0 Å². The summed E-state index contributed by atoms with van der Waals surface area (Å²) in [7, 11) is 1.67. The van der Waals surface area contributed by atoms with Gasteiger partial charge in [-0.15, -0.1) is 0 Å². The number of carbonyl (C=O) groups excluding carboxylic acids is 1. The highest BCUT2D eigenvalue weighted by Crippen LogP contribution is 2.31. The van der Waals surface area contributed by atoms with E-state index in [1.54, 1.807) is 7.11 Å². The molecule has 0 spiro atoms. The molecule has 0 radical (unpaired) electrons. The minimum atomic E-state index is -0.165. The highest BCUT2D eigenvalue weighted by molar-refractivity contribution is 5.77. The minimum Gasteiger partial charge on any atom is -0.384 e. The molecule has 0 saturated heterocycles. The van der Waals surface area contributed by atoms with Crippen LogP contribution in [-0.2, 0) is 9.53 Å². The summed E-state index contributed by atoms with van der Waals surface area (Å²) in [6, 6.07) is 0. The second-order valence-corrected chi connectivity index (χ2v) is 6.00. The molecular formula is C14H28N2O2. The van der Waals surface area contributed by atoms with Crippen molar-refractivity contribution in [2.75, 3.05) is 20.3 Å². The quantitative estimate of drug-likeness (QED) is 0.760. The molecule has 0 aromatic heterocycles. The lowest BCUT2D eigenvalue weighted by molar-refractivity contribution is -0.124. The zero-order valence-electron chi connectivity index (χ0n) is 12.0. The van der Waals surface area contributed by atoms with Crippen molar-refractivity contribution in [3.05, 3.63) is 0 Å². The Morgan fingerprint density at radius 2 is 2.33 bits per heavy atom. The van der Waals surface area contributed by atoms with Gasteiger partial charge in [-0.05, 0) is 24.7 Å². The van der Waals surface area contributed by atoms with Gasteiger partial charge >= 0.3 is 0 Å². The molecule has 4 heteroatoms. The topological polar surface area (TPSA) is 64.3 Å². The zero-order chi connectivity index (χ0) is 13.6. The van der Waals surface area contributed by atoms with Crippen molar-refractivity contribution in [3.63, 3.8) is 0 Å². The third-order valence-electron chi connectivity index (χ3n) is 3.87. The number of amides is 1. The lowest BCUT2D eigenvalue weighted by Gasteiger charge is -2.40. The van der Waals surface area contributed by atoms with Crippen LogP contribution in [0.25, 0.3) is 0 Å². The predicted octanol–water partition coefficient (Wildman–Crippen LogP) is 1.68. The van der Waals surface area contributed by atoms with E-state index in [1.807, 2.05) is 6.92 Å². The standard InChI is InChI=1S/C14H28N2O2/c1-11-5-4-6-14(8-11,10-15)16-13(17)7-12(2)9-18-3/h11-12H,4-10,15H2,1-3H3,(H,16,17). The summed E-state index contributed by atoms with van der Waals surface area (Å²) in [5, 5.41) is 3.18. The number of hydrogen-bond acceptors (Lipinski definition) is 3. The highest BCUT2D eigenvalue weighted by atomic mass is 16.5. The second kappa shape index (κ2) is 7.10. The summed E-state index contributed by atoms with van der Waals surface area (Å²) in [6.07, 6.45) is 4.94. The SMILES string of the molecule is COCC(C)CC(=O)NC1(CN)CCCC(C)C1. The summed E-state index contributed by atoms with van der Waals surface area (Å²) in [5.41, 5.74) is 5.73. The Bertz CT molecular complexity index is 271. The summed E-state index contributed by atoms with van der Waals surface area (Å²) in [4.78, 5) is 12.0. The van der Waals surface area contributed by atoms with E-state index in [9.17, 15) is 4.79 Å². The van der Waals surface area contributed by atoms with Crippen LogP contribution in [0.2, 0.25) is 0 Å². The molecule has 1 fully saturated rings. The van der Waals surface area contributed by atoms with Crippen molar-refractivity contribution in [2.45, 2.75) is 51.5 Å². The van der Waals surface area contributed by atoms with Gasteiger partial charge in [0.1, 0.15) is 0 Å². The largest absolute Gasteiger partial charge is 0.384 e. The van der Waals surface area contributed by atoms with E-state index in [0.29, 0.717) is 25.5 Å². The zero-order valence-corrected chi connectivity index (χ0v) is 12.0. The Morgan fingerprint density at radius 1 is 1.61 bits per heavy atom. The number of ether oxygens (including phenoxy) is 1. The van der Waals surface area contributed by atoms with Crippen LogP contribution in [0.4, 0.5) is 0 Å². The van der Waals surface area contributed by atoms with Gasteiger partial charge in [-0.1, -0.05) is 26.7 Å². The molecule has 0 heterocycles. The van der Waals surface area contributed by atoms with E-state index in [-0.39, 0.29) is 17.4 Å². The molecule has 0 aromatic rings. The van der Waals surface area contributed by atoms with Crippen molar-refractivity contribution in [2.24, 2.45) is 17.6 Å². The number of hydrogen-bond donors (Lipinski definition) is 2. The molecule has 18 heavy (non-hydrogen) atoms. The number of carbonyl (C=O) groups is 1. The van der Waals surface area contributed by atoms with E-state index in [2.05, 4.69) is 12.2 Å². The molecule has 1 rings (SSSR count). The molecule has 3 atom stereocenters. The molecule has 1 aliphatic carbocycles. The van der Waals surface area contributed by atoms with Gasteiger partial charge < -0.3 is 15.8 Å². The molecule has 1 saturated carbocycles. The number of nitrogens with two attached hydrogens (primary N) is 1. The van der Waals surface area contributed by atoms with Crippen LogP contribution in [-0.4, -0.2) is 31.7 Å². The molecule has 3 N–H and O–H groups in total. The van der Waals surface area contributed by atoms with Crippen LogP contribution in [0.3, 0.4) is 0 Å². The van der Waals surface area contributed by atoms with E-state index in [4.69, 9.17) is 10.5 Å². The van der Waals surface area contributed by atoms with Gasteiger partial charge in [0.05, 0.1) is 5.54 Å². The molecule has 106 valence electrons. The monoisotopic (exact) mass is 256 g/mol. The fraction of sp³-hybridized carbons (Fsp3) is 0.929. The first-order chi connectivity index (χ1) is 8.51. The first kappa shape index (κ1) is 15.4. The van der Waals surface area contributed by atoms with Crippen molar-refractivity contribution in [1.82, 2.24) is 5.32 Å². The Kier molecular flexibility index (Phi) is 6.09. The first-order valence-electron chi connectivity index (χ1n) is 7.01. The maximum absolute atomic E-state index is 12.0. The van der Waals surface area contributed by atoms with Crippen LogP contribution < -0.4 is 11.1 Å². The Morgan fingerprint density at radius 3 is 2.89 bits per heavy atom. The predicted molar refractivity (Wildman–Crippen MR) is 73.2 cm³/mol. The number of methoxy groups -OCH3 is 1. The molecule has 4 nitrogen and oxygen atoms in total. The Balaban J connectivity index is 2.49. The molecule has 1 amide bonds. The Labute approximate surface area is 111 Å². The summed E-state index contributed by atoms with van der Waals surface area (Å²) in [5.74, 6) is 1.02. The fourth-order valence-corrected chi connectivity index (χ4v) is 3.02. The van der Waals surface area contributed by atoms with E-state index in [0.717, 1.165) is 19.3 Å². The minimum absolute atomic E-state index is 0.110. The van der Waals surface area contributed by atoms with Crippen molar-refractivity contribution >= 4 is 5.91 Å². The lowest BCUT2D eigenvalue weighted by Crippen LogP contribution is -2.56. The van der Waals surface area contributed by atoms with Gasteiger partial charge in [-0.3, -0.25) is 4.79 Å². The second-order valence-electron chi connectivity index (χ2n) is 6.00. The molecule has 3 unspecified atom stereocenters. The molecule has 0 bridgehead atoms. The van der Waals surface area contributed by atoms with E-state index < -0.39 is 0 Å². The van der Waals surface area contributed by atoms with Gasteiger partial charge in [0.2, 0.25) is 5.91 Å². The molecular weight excluding hydrogens is 228 g/mol. The van der Waals surface area contributed by atoms with Gasteiger partial charge in [0.15, 0.2) is 0 Å². The fourth-order valence-electron chi connectivity index (χ4n) is 3.02. The van der Waals surface area contributed by atoms with Gasteiger partial charge in [0.25, 0.3) is 0 Å². The third kappa shape index (κ3) is 4.58. The first-order valence-corrected chi connectivity index (χ1v) is 7.01. The van der Waals surface area contributed by atoms with Crippen LogP contribution >= 0.6 is 0 Å². The number of nitrogens with one attached hydrogen (secondary N) is 1.